The number of ether oxygens (including phenoxy) is 2. The Morgan fingerprint density at radius 2 is 2.26 bits per heavy atom. The van der Waals surface area contributed by atoms with Crippen LogP contribution in [0.1, 0.15) is 22.4 Å². The molecule has 1 aliphatic heterocycles. The second-order valence-corrected chi connectivity index (χ2v) is 6.36. The maximum atomic E-state index is 8.78. The van der Waals surface area contributed by atoms with E-state index in [1.165, 1.54) is 0 Å². The molecule has 0 N–H and O–H groups in total. The molecule has 23 heavy (non-hydrogen) atoms. The van der Waals surface area contributed by atoms with Crippen LogP contribution in [0.4, 0.5) is 0 Å². The minimum absolute atomic E-state index is 0.0670. The third-order valence-electron chi connectivity index (χ3n) is 3.72. The van der Waals surface area contributed by atoms with Gasteiger partial charge in [0.05, 0.1) is 18.2 Å². The lowest BCUT2D eigenvalue weighted by atomic mass is 10.2. The highest BCUT2D eigenvalue weighted by molar-refractivity contribution is 7.09. The Kier molecular flexibility index (Phi) is 5.23. The number of nitrogens with zero attached hydrogens (tertiary/aromatic N) is 3. The number of thiazole rings is 1. The number of aryl methyl sites for hydroxylation is 1. The Balaban J connectivity index is 1.47. The van der Waals surface area contributed by atoms with E-state index in [0.29, 0.717) is 12.2 Å². The van der Waals surface area contributed by atoms with Crippen molar-refractivity contribution >= 4 is 11.3 Å². The van der Waals surface area contributed by atoms with Gasteiger partial charge >= 0.3 is 0 Å². The van der Waals surface area contributed by atoms with Crippen LogP contribution in [0.2, 0.25) is 0 Å². The van der Waals surface area contributed by atoms with E-state index in [1.54, 1.807) is 23.5 Å². The van der Waals surface area contributed by atoms with Gasteiger partial charge in [-0.25, -0.2) is 4.98 Å². The van der Waals surface area contributed by atoms with E-state index in [9.17, 15) is 0 Å². The van der Waals surface area contributed by atoms with Gasteiger partial charge in [0.2, 0.25) is 0 Å². The first-order chi connectivity index (χ1) is 11.2. The monoisotopic (exact) mass is 329 g/mol. The van der Waals surface area contributed by atoms with E-state index >= 15 is 0 Å². The Labute approximate surface area is 140 Å². The predicted molar refractivity (Wildman–Crippen MR) is 88.6 cm³/mol. The zero-order valence-corrected chi connectivity index (χ0v) is 13.9. The fourth-order valence-corrected chi connectivity index (χ4v) is 3.33. The van der Waals surface area contributed by atoms with Crippen LogP contribution < -0.4 is 4.74 Å². The van der Waals surface area contributed by atoms with Crippen molar-refractivity contribution < 1.29 is 9.47 Å². The van der Waals surface area contributed by atoms with E-state index in [4.69, 9.17) is 14.7 Å². The number of nitriles is 1. The van der Waals surface area contributed by atoms with Crippen molar-refractivity contribution in [2.45, 2.75) is 13.0 Å². The van der Waals surface area contributed by atoms with Crippen LogP contribution in [-0.2, 0) is 4.74 Å². The molecule has 0 radical (unpaired) electrons. The summed E-state index contributed by atoms with van der Waals surface area (Å²) < 4.78 is 11.6. The third kappa shape index (κ3) is 4.29. The Bertz CT molecular complexity index is 678. The van der Waals surface area contributed by atoms with Crippen LogP contribution in [-0.4, -0.2) is 42.7 Å². The van der Waals surface area contributed by atoms with Crippen LogP contribution >= 0.6 is 11.3 Å². The van der Waals surface area contributed by atoms with Gasteiger partial charge < -0.3 is 9.47 Å². The Hall–Kier alpha value is -1.94. The summed E-state index contributed by atoms with van der Waals surface area (Å²) in [6.45, 7) is 5.97. The predicted octanol–water partition coefficient (Wildman–Crippen LogP) is 2.78. The second-order valence-electron chi connectivity index (χ2n) is 5.47. The van der Waals surface area contributed by atoms with Crippen LogP contribution in [0.5, 0.6) is 5.75 Å². The molecule has 1 saturated heterocycles. The average Bonchev–Trinajstić information content (AvgIpc) is 3.02. The normalized spacial score (nSPS) is 18.5. The van der Waals surface area contributed by atoms with Gasteiger partial charge in [-0.05, 0) is 31.2 Å². The van der Waals surface area contributed by atoms with Crippen molar-refractivity contribution in [3.05, 3.63) is 45.9 Å². The molecule has 120 valence electrons. The summed E-state index contributed by atoms with van der Waals surface area (Å²) in [6, 6.07) is 9.30. The number of rotatable bonds is 5. The van der Waals surface area contributed by atoms with Gasteiger partial charge in [0, 0.05) is 30.7 Å². The fourth-order valence-electron chi connectivity index (χ4n) is 2.49. The lowest BCUT2D eigenvalue weighted by Gasteiger charge is -2.31. The molecular formula is C17H19N3O2S. The highest BCUT2D eigenvalue weighted by atomic mass is 32.1. The van der Waals surface area contributed by atoms with Gasteiger partial charge in [-0.3, -0.25) is 4.90 Å². The van der Waals surface area contributed by atoms with Gasteiger partial charge in [0.15, 0.2) is 0 Å². The lowest BCUT2D eigenvalue weighted by molar-refractivity contribution is -0.0330. The third-order valence-corrected chi connectivity index (χ3v) is 4.78. The summed E-state index contributed by atoms with van der Waals surface area (Å²) >= 11 is 1.66. The largest absolute Gasteiger partial charge is 0.492 e. The molecule has 6 heteroatoms. The summed E-state index contributed by atoms with van der Waals surface area (Å²) in [4.78, 5) is 6.86. The molecule has 5 nitrogen and oxygen atoms in total. The van der Waals surface area contributed by atoms with Crippen molar-refractivity contribution in [1.82, 2.24) is 9.88 Å². The minimum Gasteiger partial charge on any atom is -0.492 e. The van der Waals surface area contributed by atoms with Gasteiger partial charge in [0.1, 0.15) is 23.5 Å². The van der Waals surface area contributed by atoms with E-state index in [2.05, 4.69) is 21.3 Å². The SMILES string of the molecule is Cc1csc(C2CN(CCOc3ccc(C#N)cc3)CCO2)n1. The fraction of sp³-hybridized carbons (Fsp3) is 0.412. The molecule has 1 fully saturated rings. The van der Waals surface area contributed by atoms with Gasteiger partial charge in [-0.1, -0.05) is 0 Å². The zero-order chi connectivity index (χ0) is 16.1. The Morgan fingerprint density at radius 1 is 1.43 bits per heavy atom. The number of benzene rings is 1. The first kappa shape index (κ1) is 15.9. The van der Waals surface area contributed by atoms with Crippen LogP contribution in [0.15, 0.2) is 29.6 Å². The van der Waals surface area contributed by atoms with Gasteiger partial charge in [-0.15, -0.1) is 11.3 Å². The lowest BCUT2D eigenvalue weighted by Crippen LogP contribution is -2.40. The second kappa shape index (κ2) is 7.55. The topological polar surface area (TPSA) is 58.4 Å². The molecule has 1 aliphatic rings. The van der Waals surface area contributed by atoms with Crippen molar-refractivity contribution in [2.75, 3.05) is 32.8 Å². The van der Waals surface area contributed by atoms with Crippen LogP contribution in [0.25, 0.3) is 0 Å². The maximum Gasteiger partial charge on any atom is 0.123 e. The highest BCUT2D eigenvalue weighted by Gasteiger charge is 2.24. The first-order valence-electron chi connectivity index (χ1n) is 7.63. The quantitative estimate of drug-likeness (QED) is 0.844. The van der Waals surface area contributed by atoms with E-state index in [0.717, 1.165) is 42.7 Å². The van der Waals surface area contributed by atoms with Gasteiger partial charge in [-0.2, -0.15) is 5.26 Å². The maximum absolute atomic E-state index is 8.78. The molecular weight excluding hydrogens is 310 g/mol. The van der Waals surface area contributed by atoms with Crippen LogP contribution in [0, 0.1) is 18.3 Å². The number of aromatic nitrogens is 1. The molecule has 0 saturated carbocycles. The molecule has 1 aromatic carbocycles. The van der Waals surface area contributed by atoms with Crippen molar-refractivity contribution in [3.8, 4) is 11.8 Å². The molecule has 1 unspecified atom stereocenters. The smallest absolute Gasteiger partial charge is 0.123 e. The summed E-state index contributed by atoms with van der Waals surface area (Å²) in [6.07, 6.45) is 0.0670. The van der Waals surface area contributed by atoms with E-state index in [1.807, 2.05) is 19.1 Å². The summed E-state index contributed by atoms with van der Waals surface area (Å²) in [5.74, 6) is 0.796. The van der Waals surface area contributed by atoms with E-state index < -0.39 is 0 Å². The molecule has 3 rings (SSSR count). The average molecular weight is 329 g/mol. The summed E-state index contributed by atoms with van der Waals surface area (Å²) in [5, 5.41) is 11.9. The highest BCUT2D eigenvalue weighted by Crippen LogP contribution is 2.25. The van der Waals surface area contributed by atoms with Crippen molar-refractivity contribution in [1.29, 1.82) is 5.26 Å². The number of hydrogen-bond donors (Lipinski definition) is 0. The van der Waals surface area contributed by atoms with Crippen molar-refractivity contribution in [2.24, 2.45) is 0 Å². The molecule has 1 aromatic heterocycles. The molecule has 2 heterocycles. The molecule has 1 atom stereocenters. The molecule has 0 bridgehead atoms. The standard InChI is InChI=1S/C17H19N3O2S/c1-13-12-23-17(19-13)16-11-20(7-9-22-16)6-8-21-15-4-2-14(10-18)3-5-15/h2-5,12,16H,6-9,11H2,1H3. The number of hydrogen-bond acceptors (Lipinski definition) is 6. The summed E-state index contributed by atoms with van der Waals surface area (Å²) in [5.41, 5.74) is 1.70. The van der Waals surface area contributed by atoms with Crippen LogP contribution in [0.3, 0.4) is 0 Å². The zero-order valence-electron chi connectivity index (χ0n) is 13.1. The van der Waals surface area contributed by atoms with E-state index in [-0.39, 0.29) is 6.10 Å². The van der Waals surface area contributed by atoms with Gasteiger partial charge in [0.25, 0.3) is 0 Å². The van der Waals surface area contributed by atoms with Crippen molar-refractivity contribution in [3.63, 3.8) is 0 Å². The Morgan fingerprint density at radius 3 is 2.96 bits per heavy atom. The molecule has 0 spiro atoms. The minimum atomic E-state index is 0.0670. The summed E-state index contributed by atoms with van der Waals surface area (Å²) in [7, 11) is 0. The molecule has 0 amide bonds. The molecule has 0 aliphatic carbocycles. The first-order valence-corrected chi connectivity index (χ1v) is 8.51. The molecule has 2 aromatic rings. The number of morpholine rings is 1.